The fraction of sp³-hybridized carbons (Fsp3) is 0.520. The third kappa shape index (κ3) is 4.10. The quantitative estimate of drug-likeness (QED) is 0.634. The smallest absolute Gasteiger partial charge is 0.266 e. The van der Waals surface area contributed by atoms with Crippen LogP contribution in [-0.2, 0) is 0 Å². The van der Waals surface area contributed by atoms with Crippen molar-refractivity contribution in [2.24, 2.45) is 11.8 Å². The zero-order valence-electron chi connectivity index (χ0n) is 19.2. The van der Waals surface area contributed by atoms with Crippen molar-refractivity contribution in [2.45, 2.75) is 50.7 Å². The zero-order chi connectivity index (χ0) is 24.1. The van der Waals surface area contributed by atoms with Crippen molar-refractivity contribution >= 4 is 11.6 Å². The molecule has 3 fully saturated rings. The summed E-state index contributed by atoms with van der Waals surface area (Å²) in [5.41, 5.74) is -0.0795. The number of nitrogens with zero attached hydrogens (tertiary/aromatic N) is 2. The van der Waals surface area contributed by atoms with E-state index < -0.39 is 29.8 Å². The molecule has 0 unspecified atom stereocenters. The van der Waals surface area contributed by atoms with Crippen molar-refractivity contribution in [1.29, 1.82) is 0 Å². The maximum Gasteiger partial charge on any atom is 0.266 e. The number of alkyl halides is 2. The van der Waals surface area contributed by atoms with Crippen molar-refractivity contribution in [1.82, 2.24) is 14.8 Å². The number of benzene rings is 1. The molecule has 3 aliphatic rings. The highest BCUT2D eigenvalue weighted by atomic mass is 19.3. The average molecular weight is 475 g/mol. The average Bonchev–Trinajstić information content (AvgIpc) is 3.18. The second kappa shape index (κ2) is 8.76. The third-order valence-electron chi connectivity index (χ3n) is 7.60. The van der Waals surface area contributed by atoms with Crippen LogP contribution in [0.2, 0.25) is 0 Å². The molecule has 2 saturated carbocycles. The van der Waals surface area contributed by atoms with Crippen molar-refractivity contribution in [3.8, 4) is 0 Å². The monoisotopic (exact) mass is 474 g/mol. The Kier molecular flexibility index (Phi) is 5.91. The molecular weight excluding hydrogens is 445 g/mol. The van der Waals surface area contributed by atoms with Gasteiger partial charge in [0.05, 0.1) is 22.9 Å². The maximum atomic E-state index is 14.6. The van der Waals surface area contributed by atoms with Gasteiger partial charge in [0, 0.05) is 43.0 Å². The topological polar surface area (TPSA) is 66.4 Å². The summed E-state index contributed by atoms with van der Waals surface area (Å²) in [4.78, 5) is 28.4. The Balaban J connectivity index is 1.41. The van der Waals surface area contributed by atoms with Crippen molar-refractivity contribution in [3.05, 3.63) is 63.3 Å². The first-order chi connectivity index (χ1) is 16.2. The lowest BCUT2D eigenvalue weighted by Gasteiger charge is -2.29. The summed E-state index contributed by atoms with van der Waals surface area (Å²) in [6, 6.07) is 4.71. The van der Waals surface area contributed by atoms with Crippen LogP contribution in [0.15, 0.2) is 35.3 Å². The largest absolute Gasteiger partial charge is 0.381 e. The van der Waals surface area contributed by atoms with E-state index in [1.807, 2.05) is 0 Å². The number of fused-ring (bicyclic) bond motifs is 1. The SMILES string of the molecule is C[C@@H](NC(=O)c1cn(C2CCC2)c(=O)cc1N[C@@H]1[C@@H]2CN(C)C[C@@H]21)c1cccc(C(F)F)c1F. The molecule has 1 aliphatic heterocycles. The number of piperidine rings is 1. The van der Waals surface area contributed by atoms with Gasteiger partial charge in [-0.05, 0) is 45.1 Å². The molecule has 5 rings (SSSR count). The summed E-state index contributed by atoms with van der Waals surface area (Å²) < 4.78 is 42.5. The predicted molar refractivity (Wildman–Crippen MR) is 123 cm³/mol. The summed E-state index contributed by atoms with van der Waals surface area (Å²) in [5.74, 6) is -0.522. The van der Waals surface area contributed by atoms with E-state index in [9.17, 15) is 22.8 Å². The number of anilines is 1. The molecule has 0 spiro atoms. The van der Waals surface area contributed by atoms with Crippen LogP contribution >= 0.6 is 0 Å². The van der Waals surface area contributed by atoms with E-state index in [4.69, 9.17) is 0 Å². The van der Waals surface area contributed by atoms with Crippen molar-refractivity contribution in [2.75, 3.05) is 25.5 Å². The molecule has 34 heavy (non-hydrogen) atoms. The Hall–Kier alpha value is -2.81. The molecule has 1 saturated heterocycles. The number of halogens is 3. The molecule has 1 amide bonds. The lowest BCUT2D eigenvalue weighted by atomic mass is 9.92. The van der Waals surface area contributed by atoms with Crippen LogP contribution in [0.25, 0.3) is 0 Å². The van der Waals surface area contributed by atoms with Crippen LogP contribution in [0, 0.1) is 17.7 Å². The van der Waals surface area contributed by atoms with Crippen LogP contribution in [0.3, 0.4) is 0 Å². The minimum atomic E-state index is -2.94. The van der Waals surface area contributed by atoms with Gasteiger partial charge in [-0.25, -0.2) is 13.2 Å². The lowest BCUT2D eigenvalue weighted by molar-refractivity contribution is 0.0938. The van der Waals surface area contributed by atoms with Crippen molar-refractivity contribution < 1.29 is 18.0 Å². The van der Waals surface area contributed by atoms with E-state index in [-0.39, 0.29) is 23.2 Å². The molecule has 182 valence electrons. The Morgan fingerprint density at radius 1 is 1.15 bits per heavy atom. The second-order valence-electron chi connectivity index (χ2n) is 9.90. The Morgan fingerprint density at radius 2 is 1.82 bits per heavy atom. The van der Waals surface area contributed by atoms with Gasteiger partial charge in [-0.3, -0.25) is 9.59 Å². The summed E-state index contributed by atoms with van der Waals surface area (Å²) in [5, 5.41) is 6.15. The van der Waals surface area contributed by atoms with Gasteiger partial charge in [-0.1, -0.05) is 18.2 Å². The van der Waals surface area contributed by atoms with Crippen LogP contribution in [0.4, 0.5) is 18.9 Å². The number of carbonyl (C=O) groups excluding carboxylic acids is 1. The first-order valence-electron chi connectivity index (χ1n) is 11.8. The van der Waals surface area contributed by atoms with Crippen LogP contribution in [0.1, 0.15) is 66.2 Å². The van der Waals surface area contributed by atoms with E-state index in [1.165, 1.54) is 18.2 Å². The maximum absolute atomic E-state index is 14.6. The molecule has 4 atom stereocenters. The molecule has 2 N–H and O–H groups in total. The first kappa shape index (κ1) is 23.0. The number of aromatic nitrogens is 1. The molecule has 1 aromatic heterocycles. The number of hydrogen-bond donors (Lipinski definition) is 2. The number of hydrogen-bond acceptors (Lipinski definition) is 4. The molecule has 2 aromatic rings. The molecule has 2 heterocycles. The number of carbonyl (C=O) groups is 1. The van der Waals surface area contributed by atoms with Gasteiger partial charge >= 0.3 is 0 Å². The minimum absolute atomic E-state index is 0.00673. The molecular formula is C25H29F3N4O2. The Labute approximate surface area is 196 Å². The number of rotatable bonds is 7. The third-order valence-corrected chi connectivity index (χ3v) is 7.60. The van der Waals surface area contributed by atoms with Gasteiger partial charge in [0.2, 0.25) is 0 Å². The molecule has 9 heteroatoms. The molecule has 2 aliphatic carbocycles. The van der Waals surface area contributed by atoms with Crippen LogP contribution < -0.4 is 16.2 Å². The van der Waals surface area contributed by atoms with Gasteiger partial charge in [0.1, 0.15) is 5.82 Å². The van der Waals surface area contributed by atoms with Gasteiger partial charge in [-0.2, -0.15) is 0 Å². The lowest BCUT2D eigenvalue weighted by Crippen LogP contribution is -2.34. The van der Waals surface area contributed by atoms with E-state index in [1.54, 1.807) is 17.7 Å². The van der Waals surface area contributed by atoms with Gasteiger partial charge in [0.25, 0.3) is 17.9 Å². The highest BCUT2D eigenvalue weighted by molar-refractivity contribution is 5.99. The molecule has 6 nitrogen and oxygen atoms in total. The van der Waals surface area contributed by atoms with Gasteiger partial charge < -0.3 is 20.1 Å². The first-order valence-corrected chi connectivity index (χ1v) is 11.8. The second-order valence-corrected chi connectivity index (χ2v) is 9.90. The summed E-state index contributed by atoms with van der Waals surface area (Å²) in [6.07, 6.45) is 1.45. The van der Waals surface area contributed by atoms with Crippen LogP contribution in [-0.4, -0.2) is 41.6 Å². The Morgan fingerprint density at radius 3 is 2.44 bits per heavy atom. The number of pyridine rings is 1. The normalized spacial score (nSPS) is 25.1. The number of nitrogens with one attached hydrogen (secondary N) is 2. The highest BCUT2D eigenvalue weighted by Crippen LogP contribution is 2.47. The zero-order valence-corrected chi connectivity index (χ0v) is 19.2. The highest BCUT2D eigenvalue weighted by Gasteiger charge is 2.55. The van der Waals surface area contributed by atoms with E-state index >= 15 is 0 Å². The standard InChI is InChI=1S/C25H29F3N4O2/c1-13(15-7-4-8-16(22(15)26)24(27)28)29-25(34)19-12-32(14-5-3-6-14)21(33)9-20(19)30-23-17-10-31(2)11-18(17)23/h4,7-9,12-14,17-18,23-24,30H,3,5-6,10-11H2,1-2H3,(H,29,34)/t13-,17-,18+,23-/m1/s1. The predicted octanol–water partition coefficient (Wildman–Crippen LogP) is 4.11. The summed E-state index contributed by atoms with van der Waals surface area (Å²) in [7, 11) is 2.07. The summed E-state index contributed by atoms with van der Waals surface area (Å²) in [6.45, 7) is 3.50. The van der Waals surface area contributed by atoms with Crippen molar-refractivity contribution in [3.63, 3.8) is 0 Å². The minimum Gasteiger partial charge on any atom is -0.381 e. The van der Waals surface area contributed by atoms with E-state index in [0.29, 0.717) is 23.1 Å². The fourth-order valence-corrected chi connectivity index (χ4v) is 5.35. The molecule has 1 aromatic carbocycles. The fourth-order valence-electron chi connectivity index (χ4n) is 5.35. The number of likely N-dealkylation sites (tertiary alicyclic amines) is 1. The van der Waals surface area contributed by atoms with Crippen LogP contribution in [0.5, 0.6) is 0 Å². The number of amides is 1. The molecule has 0 bridgehead atoms. The molecule has 0 radical (unpaired) electrons. The van der Waals surface area contributed by atoms with Gasteiger partial charge in [-0.15, -0.1) is 0 Å². The van der Waals surface area contributed by atoms with E-state index in [2.05, 4.69) is 22.6 Å². The van der Waals surface area contributed by atoms with E-state index in [0.717, 1.165) is 38.4 Å². The summed E-state index contributed by atoms with van der Waals surface area (Å²) >= 11 is 0. The van der Waals surface area contributed by atoms with Gasteiger partial charge in [0.15, 0.2) is 0 Å². The Bertz CT molecular complexity index is 1150.